The molecule has 1 saturated heterocycles. The molecule has 1 unspecified atom stereocenters. The van der Waals surface area contributed by atoms with Crippen LogP contribution in [0.2, 0.25) is 0 Å². The SMILES string of the molecule is COc1cccc(F)c1-c1ccc2c3c(c(=O)n(-c4c(C(C)C)ncnc4C(C)C)c2n1)NC(=O)[C@H]1CN[C@H](C)C(F)N31. The molecule has 0 spiro atoms. The van der Waals surface area contributed by atoms with E-state index in [1.807, 2.05) is 27.7 Å². The van der Waals surface area contributed by atoms with Crippen LogP contribution >= 0.6 is 0 Å². The maximum atomic E-state index is 16.0. The van der Waals surface area contributed by atoms with Gasteiger partial charge in [0.25, 0.3) is 5.56 Å². The Hall–Kier alpha value is -4.45. The summed E-state index contributed by atoms with van der Waals surface area (Å²) in [7, 11) is 1.44. The van der Waals surface area contributed by atoms with Crippen LogP contribution in [0.3, 0.4) is 0 Å². The van der Waals surface area contributed by atoms with Gasteiger partial charge >= 0.3 is 0 Å². The minimum Gasteiger partial charge on any atom is -0.496 e. The highest BCUT2D eigenvalue weighted by atomic mass is 19.1. The number of carbonyl (C=O) groups excluding carboxylic acids is 1. The normalized spacial score (nSPS) is 19.9. The van der Waals surface area contributed by atoms with Gasteiger partial charge in [-0.05, 0) is 43.0 Å². The lowest BCUT2D eigenvalue weighted by molar-refractivity contribution is -0.118. The van der Waals surface area contributed by atoms with Crippen molar-refractivity contribution in [1.29, 1.82) is 0 Å². The van der Waals surface area contributed by atoms with Crippen molar-refractivity contribution in [2.75, 3.05) is 23.9 Å². The number of anilines is 2. The number of hydrogen-bond donors (Lipinski definition) is 2. The molecule has 2 N–H and O–H groups in total. The van der Waals surface area contributed by atoms with Gasteiger partial charge in [0.15, 0.2) is 6.30 Å². The molecule has 2 aliphatic rings. The Morgan fingerprint density at radius 3 is 2.37 bits per heavy atom. The Bertz CT molecular complexity index is 1800. The number of nitrogens with zero attached hydrogens (tertiary/aromatic N) is 5. The molecular formula is C31H33F2N7O3. The zero-order valence-corrected chi connectivity index (χ0v) is 24.8. The monoisotopic (exact) mass is 589 g/mol. The Morgan fingerprint density at radius 1 is 1.02 bits per heavy atom. The quantitative estimate of drug-likeness (QED) is 0.324. The molecule has 43 heavy (non-hydrogen) atoms. The van der Waals surface area contributed by atoms with Crippen LogP contribution in [0.4, 0.5) is 20.2 Å². The topological polar surface area (TPSA) is 114 Å². The number of pyridine rings is 2. The molecule has 1 aromatic carbocycles. The maximum absolute atomic E-state index is 16.0. The number of hydrogen-bond acceptors (Lipinski definition) is 8. The molecule has 10 nitrogen and oxygen atoms in total. The highest BCUT2D eigenvalue weighted by molar-refractivity contribution is 6.10. The molecule has 4 aromatic rings. The summed E-state index contributed by atoms with van der Waals surface area (Å²) in [5.74, 6) is -1.02. The second-order valence-corrected chi connectivity index (χ2v) is 11.5. The van der Waals surface area contributed by atoms with E-state index in [1.165, 1.54) is 35.0 Å². The highest BCUT2D eigenvalue weighted by Crippen LogP contribution is 2.42. The molecule has 5 heterocycles. The third kappa shape index (κ3) is 4.43. The number of nitrogens with one attached hydrogen (secondary N) is 2. The zero-order chi connectivity index (χ0) is 30.7. The predicted molar refractivity (Wildman–Crippen MR) is 160 cm³/mol. The van der Waals surface area contributed by atoms with Crippen LogP contribution in [-0.4, -0.2) is 57.5 Å². The zero-order valence-electron chi connectivity index (χ0n) is 24.8. The summed E-state index contributed by atoms with van der Waals surface area (Å²) in [6.45, 7) is 9.68. The summed E-state index contributed by atoms with van der Waals surface area (Å²) in [5.41, 5.74) is 1.66. The van der Waals surface area contributed by atoms with Gasteiger partial charge in [0.1, 0.15) is 35.3 Å². The van der Waals surface area contributed by atoms with E-state index in [2.05, 4.69) is 20.6 Å². The second kappa shape index (κ2) is 10.7. The lowest BCUT2D eigenvalue weighted by Crippen LogP contribution is -2.66. The smallest absolute Gasteiger partial charge is 0.282 e. The summed E-state index contributed by atoms with van der Waals surface area (Å²) in [5, 5.41) is 6.21. The van der Waals surface area contributed by atoms with Crippen LogP contribution in [0.5, 0.6) is 5.75 Å². The number of carbonyl (C=O) groups is 1. The molecule has 3 aromatic heterocycles. The number of fused-ring (bicyclic) bond motifs is 5. The number of benzene rings is 1. The van der Waals surface area contributed by atoms with Crippen molar-refractivity contribution in [3.8, 4) is 22.7 Å². The molecule has 224 valence electrons. The van der Waals surface area contributed by atoms with E-state index in [4.69, 9.17) is 9.72 Å². The van der Waals surface area contributed by atoms with E-state index in [1.54, 1.807) is 25.1 Å². The van der Waals surface area contributed by atoms with Gasteiger partial charge in [0, 0.05) is 11.9 Å². The summed E-state index contributed by atoms with van der Waals surface area (Å²) < 4.78 is 38.1. The van der Waals surface area contributed by atoms with E-state index in [9.17, 15) is 9.59 Å². The van der Waals surface area contributed by atoms with Crippen molar-refractivity contribution >= 4 is 28.3 Å². The number of ether oxygens (including phenoxy) is 1. The van der Waals surface area contributed by atoms with Gasteiger partial charge in [-0.1, -0.05) is 33.8 Å². The maximum Gasteiger partial charge on any atom is 0.282 e. The Kier molecular flexibility index (Phi) is 7.11. The molecule has 0 aliphatic carbocycles. The summed E-state index contributed by atoms with van der Waals surface area (Å²) in [6, 6.07) is 6.26. The molecule has 0 bridgehead atoms. The number of methoxy groups -OCH3 is 1. The average Bonchev–Trinajstić information content (AvgIpc) is 2.98. The number of alkyl halides is 1. The van der Waals surface area contributed by atoms with E-state index in [0.717, 1.165) is 0 Å². The average molecular weight is 590 g/mol. The molecule has 6 rings (SSSR count). The first-order valence-electron chi connectivity index (χ1n) is 14.3. The predicted octanol–water partition coefficient (Wildman–Crippen LogP) is 4.65. The van der Waals surface area contributed by atoms with Crippen LogP contribution < -0.4 is 25.8 Å². The summed E-state index contributed by atoms with van der Waals surface area (Å²) >= 11 is 0. The van der Waals surface area contributed by atoms with Gasteiger partial charge in [-0.2, -0.15) is 0 Å². The van der Waals surface area contributed by atoms with E-state index >= 15 is 8.78 Å². The van der Waals surface area contributed by atoms with Gasteiger partial charge in [-0.25, -0.2) is 23.7 Å². The Morgan fingerprint density at radius 2 is 1.72 bits per heavy atom. The molecule has 1 fully saturated rings. The Labute approximate surface area is 247 Å². The summed E-state index contributed by atoms with van der Waals surface area (Å²) in [4.78, 5) is 43.2. The number of halogens is 2. The van der Waals surface area contributed by atoms with E-state index in [-0.39, 0.29) is 52.4 Å². The van der Waals surface area contributed by atoms with Gasteiger partial charge in [-0.3, -0.25) is 14.2 Å². The Balaban J connectivity index is 1.79. The largest absolute Gasteiger partial charge is 0.496 e. The van der Waals surface area contributed by atoms with Crippen molar-refractivity contribution in [1.82, 2.24) is 24.8 Å². The molecule has 3 atom stereocenters. The summed E-state index contributed by atoms with van der Waals surface area (Å²) in [6.07, 6.45) is -0.142. The van der Waals surface area contributed by atoms with Gasteiger partial charge < -0.3 is 20.3 Å². The van der Waals surface area contributed by atoms with Crippen molar-refractivity contribution in [2.24, 2.45) is 0 Å². The van der Waals surface area contributed by atoms with Gasteiger partial charge in [0.2, 0.25) is 5.91 Å². The lowest BCUT2D eigenvalue weighted by Gasteiger charge is -2.46. The fourth-order valence-corrected chi connectivity index (χ4v) is 5.99. The molecule has 0 saturated carbocycles. The van der Waals surface area contributed by atoms with Crippen molar-refractivity contribution in [2.45, 2.75) is 64.8 Å². The van der Waals surface area contributed by atoms with Crippen LogP contribution in [-0.2, 0) is 4.79 Å². The van der Waals surface area contributed by atoms with Crippen LogP contribution in [0.25, 0.3) is 28.0 Å². The van der Waals surface area contributed by atoms with Crippen LogP contribution in [0, 0.1) is 5.82 Å². The number of aromatic nitrogens is 4. The fourth-order valence-electron chi connectivity index (χ4n) is 5.99. The van der Waals surface area contributed by atoms with Crippen molar-refractivity contribution in [3.05, 3.63) is 64.2 Å². The second-order valence-electron chi connectivity index (χ2n) is 11.5. The highest BCUT2D eigenvalue weighted by Gasteiger charge is 2.45. The molecule has 0 radical (unpaired) electrons. The molecular weight excluding hydrogens is 556 g/mol. The van der Waals surface area contributed by atoms with E-state index < -0.39 is 35.7 Å². The molecule has 12 heteroatoms. The standard InChI is InChI=1S/C31H33F2N7O3/c1-14(2)23-27(24(15(3)4)36-13-35-23)40-29-17(10-11-19(37-29)22-18(32)8-7-9-21(22)43-6)26-25(31(40)42)38-30(41)20-12-34-16(5)28(33)39(20)26/h7-11,13-16,20,28,34H,12H2,1-6H3,(H,38,41)/t16-,20-,28?/m1/s1. The first-order valence-corrected chi connectivity index (χ1v) is 14.3. The number of piperazine rings is 1. The van der Waals surface area contributed by atoms with E-state index in [0.29, 0.717) is 22.5 Å². The van der Waals surface area contributed by atoms with Gasteiger partial charge in [-0.15, -0.1) is 0 Å². The first-order chi connectivity index (χ1) is 20.5. The molecule has 1 amide bonds. The van der Waals surface area contributed by atoms with Crippen molar-refractivity contribution < 1.29 is 18.3 Å². The number of rotatable bonds is 5. The van der Waals surface area contributed by atoms with Crippen LogP contribution in [0.15, 0.2) is 41.5 Å². The number of amides is 1. The third-order valence-electron chi connectivity index (χ3n) is 8.10. The first kappa shape index (κ1) is 28.7. The minimum atomic E-state index is -1.61. The van der Waals surface area contributed by atoms with Crippen LogP contribution in [0.1, 0.15) is 57.8 Å². The minimum absolute atomic E-state index is 0.0585. The fraction of sp³-hybridized carbons (Fsp3) is 0.387. The lowest BCUT2D eigenvalue weighted by atomic mass is 9.98. The van der Waals surface area contributed by atoms with Crippen molar-refractivity contribution in [3.63, 3.8) is 0 Å². The van der Waals surface area contributed by atoms with Gasteiger partial charge in [0.05, 0.1) is 47.2 Å². The molecule has 2 aliphatic heterocycles. The third-order valence-corrected chi connectivity index (χ3v) is 8.10.